The molecule has 2 N–H and O–H groups in total. The van der Waals surface area contributed by atoms with Gasteiger partial charge in [-0.25, -0.2) is 4.98 Å². The maximum Gasteiger partial charge on any atom is 0.128 e. The Morgan fingerprint density at radius 1 is 1.00 bits per heavy atom. The summed E-state index contributed by atoms with van der Waals surface area (Å²) in [4.78, 5) is 4.46. The quantitative estimate of drug-likeness (QED) is 0.858. The van der Waals surface area contributed by atoms with E-state index in [0.29, 0.717) is 0 Å². The lowest BCUT2D eigenvalue weighted by Gasteiger charge is -2.17. The van der Waals surface area contributed by atoms with Crippen molar-refractivity contribution in [1.82, 2.24) is 4.98 Å². The van der Waals surface area contributed by atoms with Crippen molar-refractivity contribution in [3.63, 3.8) is 0 Å². The molecule has 0 aliphatic heterocycles. The first-order chi connectivity index (χ1) is 8.70. The Labute approximate surface area is 108 Å². The van der Waals surface area contributed by atoms with Gasteiger partial charge in [-0.15, -0.1) is 0 Å². The molecule has 2 aromatic rings. The molecule has 1 unspecified atom stereocenters. The summed E-state index contributed by atoms with van der Waals surface area (Å²) in [6, 6.07) is 14.6. The van der Waals surface area contributed by atoms with Crippen LogP contribution >= 0.6 is 0 Å². The first kappa shape index (κ1) is 12.4. The molecule has 0 aliphatic rings. The van der Waals surface area contributed by atoms with Gasteiger partial charge in [0.1, 0.15) is 11.6 Å². The van der Waals surface area contributed by atoms with Crippen LogP contribution in [0, 0.1) is 6.92 Å². The maximum absolute atomic E-state index is 4.46. The van der Waals surface area contributed by atoms with Crippen LogP contribution in [0.25, 0.3) is 0 Å². The number of aryl methyl sites for hydroxylation is 1. The summed E-state index contributed by atoms with van der Waals surface area (Å²) in [5.41, 5.74) is 2.59. The molecule has 1 heterocycles. The van der Waals surface area contributed by atoms with Crippen molar-refractivity contribution in [3.05, 3.63) is 53.6 Å². The summed E-state index contributed by atoms with van der Waals surface area (Å²) in [5, 5.41) is 6.46. The SMILES string of the molecule is CNc1cccc(NC(C)c2ccccc2C)n1. The van der Waals surface area contributed by atoms with Crippen molar-refractivity contribution >= 4 is 11.6 Å². The van der Waals surface area contributed by atoms with Crippen molar-refractivity contribution in [1.29, 1.82) is 0 Å². The number of nitrogens with one attached hydrogen (secondary N) is 2. The van der Waals surface area contributed by atoms with Crippen LogP contribution in [0.3, 0.4) is 0 Å². The van der Waals surface area contributed by atoms with Crippen molar-refractivity contribution < 1.29 is 0 Å². The number of pyridine rings is 1. The van der Waals surface area contributed by atoms with Crippen molar-refractivity contribution in [2.75, 3.05) is 17.7 Å². The lowest BCUT2D eigenvalue weighted by atomic mass is 10.0. The van der Waals surface area contributed by atoms with Gasteiger partial charge >= 0.3 is 0 Å². The van der Waals surface area contributed by atoms with Crippen LogP contribution in [0.2, 0.25) is 0 Å². The molecule has 0 bridgehead atoms. The molecule has 0 saturated heterocycles. The lowest BCUT2D eigenvalue weighted by molar-refractivity contribution is 0.865. The molecule has 0 saturated carbocycles. The second-order valence-electron chi connectivity index (χ2n) is 4.38. The minimum absolute atomic E-state index is 0.241. The van der Waals surface area contributed by atoms with Crippen molar-refractivity contribution in [2.45, 2.75) is 19.9 Å². The maximum atomic E-state index is 4.46. The van der Waals surface area contributed by atoms with E-state index in [-0.39, 0.29) is 6.04 Å². The Morgan fingerprint density at radius 3 is 2.44 bits per heavy atom. The molecule has 3 heteroatoms. The zero-order chi connectivity index (χ0) is 13.0. The Kier molecular flexibility index (Phi) is 3.82. The number of hydrogen-bond acceptors (Lipinski definition) is 3. The van der Waals surface area contributed by atoms with E-state index in [0.717, 1.165) is 11.6 Å². The molecular weight excluding hydrogens is 222 g/mol. The van der Waals surface area contributed by atoms with Crippen molar-refractivity contribution in [3.8, 4) is 0 Å². The third-order valence-corrected chi connectivity index (χ3v) is 3.02. The third-order valence-electron chi connectivity index (χ3n) is 3.02. The number of nitrogens with zero attached hydrogens (tertiary/aromatic N) is 1. The smallest absolute Gasteiger partial charge is 0.128 e. The van der Waals surface area contributed by atoms with Crippen LogP contribution in [0.15, 0.2) is 42.5 Å². The molecule has 0 amide bonds. The molecule has 2 rings (SSSR count). The molecule has 3 nitrogen and oxygen atoms in total. The van der Waals surface area contributed by atoms with Gasteiger partial charge in [0.15, 0.2) is 0 Å². The number of aromatic nitrogens is 1. The summed E-state index contributed by atoms with van der Waals surface area (Å²) >= 11 is 0. The summed E-state index contributed by atoms with van der Waals surface area (Å²) in [6.45, 7) is 4.28. The van der Waals surface area contributed by atoms with Gasteiger partial charge in [-0.1, -0.05) is 30.3 Å². The number of anilines is 2. The van der Waals surface area contributed by atoms with E-state index in [9.17, 15) is 0 Å². The minimum atomic E-state index is 0.241. The fourth-order valence-electron chi connectivity index (χ4n) is 2.03. The highest BCUT2D eigenvalue weighted by atomic mass is 15.1. The van der Waals surface area contributed by atoms with E-state index in [4.69, 9.17) is 0 Å². The molecule has 0 fully saturated rings. The molecule has 0 radical (unpaired) electrons. The average Bonchev–Trinajstić information content (AvgIpc) is 2.39. The molecule has 94 valence electrons. The minimum Gasteiger partial charge on any atom is -0.373 e. The first-order valence-electron chi connectivity index (χ1n) is 6.17. The van der Waals surface area contributed by atoms with E-state index in [1.807, 2.05) is 25.2 Å². The number of hydrogen-bond donors (Lipinski definition) is 2. The van der Waals surface area contributed by atoms with Crippen LogP contribution in [0.5, 0.6) is 0 Å². The van der Waals surface area contributed by atoms with Gasteiger partial charge in [-0.05, 0) is 37.1 Å². The standard InChI is InChI=1S/C15H19N3/c1-11-7-4-5-8-13(11)12(2)17-15-10-6-9-14(16-3)18-15/h4-10,12H,1-3H3,(H2,16,17,18). The number of benzene rings is 1. The Bertz CT molecular complexity index is 523. The zero-order valence-corrected chi connectivity index (χ0v) is 11.1. The molecule has 18 heavy (non-hydrogen) atoms. The van der Waals surface area contributed by atoms with E-state index in [1.165, 1.54) is 11.1 Å². The lowest BCUT2D eigenvalue weighted by Crippen LogP contribution is -2.09. The Balaban J connectivity index is 2.16. The average molecular weight is 241 g/mol. The Morgan fingerprint density at radius 2 is 1.72 bits per heavy atom. The molecule has 0 aliphatic carbocycles. The largest absolute Gasteiger partial charge is 0.373 e. The highest BCUT2D eigenvalue weighted by Gasteiger charge is 2.08. The highest BCUT2D eigenvalue weighted by Crippen LogP contribution is 2.21. The van der Waals surface area contributed by atoms with E-state index < -0.39 is 0 Å². The van der Waals surface area contributed by atoms with Gasteiger partial charge in [-0.3, -0.25) is 0 Å². The van der Waals surface area contributed by atoms with Crippen LogP contribution in [-0.2, 0) is 0 Å². The summed E-state index contributed by atoms with van der Waals surface area (Å²) in [6.07, 6.45) is 0. The second-order valence-corrected chi connectivity index (χ2v) is 4.38. The molecule has 1 aromatic carbocycles. The van der Waals surface area contributed by atoms with Crippen molar-refractivity contribution in [2.24, 2.45) is 0 Å². The summed E-state index contributed by atoms with van der Waals surface area (Å²) in [5.74, 6) is 1.76. The first-order valence-corrected chi connectivity index (χ1v) is 6.17. The zero-order valence-electron chi connectivity index (χ0n) is 11.1. The molecular formula is C15H19N3. The van der Waals surface area contributed by atoms with Crippen LogP contribution in [0.4, 0.5) is 11.6 Å². The van der Waals surface area contributed by atoms with E-state index in [1.54, 1.807) is 0 Å². The normalized spacial score (nSPS) is 11.9. The molecule has 1 atom stereocenters. The molecule has 0 spiro atoms. The summed E-state index contributed by atoms with van der Waals surface area (Å²) in [7, 11) is 1.87. The van der Waals surface area contributed by atoms with Gasteiger partial charge in [0.05, 0.1) is 6.04 Å². The van der Waals surface area contributed by atoms with Crippen LogP contribution < -0.4 is 10.6 Å². The van der Waals surface area contributed by atoms with Gasteiger partial charge < -0.3 is 10.6 Å². The van der Waals surface area contributed by atoms with Crippen LogP contribution in [-0.4, -0.2) is 12.0 Å². The van der Waals surface area contributed by atoms with Gasteiger partial charge in [0, 0.05) is 7.05 Å². The Hall–Kier alpha value is -2.03. The topological polar surface area (TPSA) is 37.0 Å². The van der Waals surface area contributed by atoms with Gasteiger partial charge in [0.25, 0.3) is 0 Å². The predicted octanol–water partition coefficient (Wildman–Crippen LogP) is 3.60. The molecule has 1 aromatic heterocycles. The highest BCUT2D eigenvalue weighted by molar-refractivity contribution is 5.46. The fraction of sp³-hybridized carbons (Fsp3) is 0.267. The fourth-order valence-corrected chi connectivity index (χ4v) is 2.03. The van der Waals surface area contributed by atoms with Gasteiger partial charge in [0.2, 0.25) is 0 Å². The third kappa shape index (κ3) is 2.80. The number of rotatable bonds is 4. The van der Waals surface area contributed by atoms with Gasteiger partial charge in [-0.2, -0.15) is 0 Å². The summed E-state index contributed by atoms with van der Waals surface area (Å²) < 4.78 is 0. The van der Waals surface area contributed by atoms with E-state index >= 15 is 0 Å². The monoisotopic (exact) mass is 241 g/mol. The predicted molar refractivity (Wildman–Crippen MR) is 77.0 cm³/mol. The van der Waals surface area contributed by atoms with Crippen LogP contribution in [0.1, 0.15) is 24.1 Å². The van der Waals surface area contributed by atoms with E-state index in [2.05, 4.69) is 53.7 Å². The second kappa shape index (κ2) is 5.54.